The summed E-state index contributed by atoms with van der Waals surface area (Å²) in [5.74, 6) is 0. The molecule has 0 atom stereocenters. The molecule has 0 saturated carbocycles. The van der Waals surface area contributed by atoms with Crippen LogP contribution in [-0.2, 0) is 6.42 Å². The lowest BCUT2D eigenvalue weighted by Gasteiger charge is -1.93. The van der Waals surface area contributed by atoms with Crippen molar-refractivity contribution < 1.29 is 0 Å². The van der Waals surface area contributed by atoms with Gasteiger partial charge in [-0.2, -0.15) is 0 Å². The number of thiophene rings is 1. The van der Waals surface area contributed by atoms with Crippen molar-refractivity contribution in [2.24, 2.45) is 0 Å². The first kappa shape index (κ1) is 8.51. The second kappa shape index (κ2) is 3.34. The van der Waals surface area contributed by atoms with Crippen molar-refractivity contribution >= 4 is 44.0 Å². The van der Waals surface area contributed by atoms with E-state index in [1.54, 1.807) is 0 Å². The molecule has 0 amide bonds. The topological polar surface area (TPSA) is 0 Å². The van der Waals surface area contributed by atoms with Gasteiger partial charge >= 0.3 is 0 Å². The minimum atomic E-state index is 1.14. The van der Waals surface area contributed by atoms with Crippen LogP contribution in [0.4, 0.5) is 0 Å². The molecule has 0 saturated heterocycles. The maximum atomic E-state index is 2.36. The third-order valence-corrected chi connectivity index (χ3v) is 3.66. The average molecular weight is 288 g/mol. The van der Waals surface area contributed by atoms with Crippen molar-refractivity contribution in [1.29, 1.82) is 0 Å². The summed E-state index contributed by atoms with van der Waals surface area (Å²) in [7, 11) is 0. The average Bonchev–Trinajstić information content (AvgIpc) is 2.46. The lowest BCUT2D eigenvalue weighted by atomic mass is 10.1. The van der Waals surface area contributed by atoms with E-state index in [4.69, 9.17) is 0 Å². The van der Waals surface area contributed by atoms with E-state index in [-0.39, 0.29) is 0 Å². The van der Waals surface area contributed by atoms with Crippen LogP contribution in [0.15, 0.2) is 23.6 Å². The smallest absolute Gasteiger partial charge is 0.0356 e. The molecule has 0 N–H and O–H groups in total. The summed E-state index contributed by atoms with van der Waals surface area (Å²) in [4.78, 5) is 0. The minimum Gasteiger partial charge on any atom is -0.143 e. The van der Waals surface area contributed by atoms with Gasteiger partial charge in [0, 0.05) is 8.27 Å². The first-order chi connectivity index (χ1) is 5.81. The number of fused-ring (bicyclic) bond motifs is 1. The fourth-order valence-electron chi connectivity index (χ4n) is 1.33. The fraction of sp³-hybridized carbons (Fsp3) is 0.200. The Morgan fingerprint density at radius 2 is 2.25 bits per heavy atom. The Bertz CT molecular complexity index is 403. The Labute approximate surface area is 89.7 Å². The van der Waals surface area contributed by atoms with Crippen LogP contribution in [-0.4, -0.2) is 0 Å². The summed E-state index contributed by atoms with van der Waals surface area (Å²) in [5.41, 5.74) is 1.48. The first-order valence-corrected chi connectivity index (χ1v) is 5.92. The standard InChI is InChI=1S/C10H9IS/c1-2-7-6-12-10-5-8(11)3-4-9(7)10/h3-6H,2H2,1H3. The number of aryl methyl sites for hydroxylation is 1. The van der Waals surface area contributed by atoms with E-state index in [9.17, 15) is 0 Å². The highest BCUT2D eigenvalue weighted by Gasteiger charge is 2.01. The van der Waals surface area contributed by atoms with Crippen LogP contribution < -0.4 is 0 Å². The Hall–Kier alpha value is -0.0900. The van der Waals surface area contributed by atoms with Crippen molar-refractivity contribution in [2.75, 3.05) is 0 Å². The highest BCUT2D eigenvalue weighted by Crippen LogP contribution is 2.27. The van der Waals surface area contributed by atoms with Crippen LogP contribution in [0.25, 0.3) is 10.1 Å². The van der Waals surface area contributed by atoms with Gasteiger partial charge in [0.25, 0.3) is 0 Å². The fourth-order valence-corrected chi connectivity index (χ4v) is 3.12. The van der Waals surface area contributed by atoms with Gasteiger partial charge in [0.05, 0.1) is 0 Å². The lowest BCUT2D eigenvalue weighted by Crippen LogP contribution is -1.75. The van der Waals surface area contributed by atoms with Crippen LogP contribution in [0.3, 0.4) is 0 Å². The summed E-state index contributed by atoms with van der Waals surface area (Å²) in [6.07, 6.45) is 1.14. The number of benzene rings is 1. The molecule has 12 heavy (non-hydrogen) atoms. The Kier molecular flexibility index (Phi) is 2.37. The van der Waals surface area contributed by atoms with Gasteiger partial charge in [0.15, 0.2) is 0 Å². The van der Waals surface area contributed by atoms with Gasteiger partial charge in [0.1, 0.15) is 0 Å². The lowest BCUT2D eigenvalue weighted by molar-refractivity contribution is 1.17. The van der Waals surface area contributed by atoms with Gasteiger partial charge < -0.3 is 0 Å². The molecular formula is C10H9IS. The summed E-state index contributed by atoms with van der Waals surface area (Å²) < 4.78 is 2.74. The molecule has 0 aliphatic rings. The Balaban J connectivity index is 2.73. The van der Waals surface area contributed by atoms with E-state index in [1.807, 2.05) is 11.3 Å². The minimum absolute atomic E-state index is 1.14. The van der Waals surface area contributed by atoms with Crippen molar-refractivity contribution in [1.82, 2.24) is 0 Å². The second-order valence-electron chi connectivity index (χ2n) is 2.75. The Morgan fingerprint density at radius 3 is 3.00 bits per heavy atom. The molecule has 0 spiro atoms. The highest BCUT2D eigenvalue weighted by molar-refractivity contribution is 14.1. The zero-order valence-corrected chi connectivity index (χ0v) is 9.78. The van der Waals surface area contributed by atoms with Crippen LogP contribution in [0.1, 0.15) is 12.5 Å². The van der Waals surface area contributed by atoms with Crippen LogP contribution in [0.5, 0.6) is 0 Å². The van der Waals surface area contributed by atoms with Crippen LogP contribution in [0, 0.1) is 3.57 Å². The van der Waals surface area contributed by atoms with Crippen molar-refractivity contribution in [3.63, 3.8) is 0 Å². The zero-order chi connectivity index (χ0) is 8.55. The van der Waals surface area contributed by atoms with E-state index in [1.165, 1.54) is 19.2 Å². The quantitative estimate of drug-likeness (QED) is 0.694. The van der Waals surface area contributed by atoms with Gasteiger partial charge in [-0.15, -0.1) is 11.3 Å². The van der Waals surface area contributed by atoms with Gasteiger partial charge in [-0.1, -0.05) is 13.0 Å². The van der Waals surface area contributed by atoms with E-state index < -0.39 is 0 Å². The number of rotatable bonds is 1. The molecule has 1 aromatic heterocycles. The van der Waals surface area contributed by atoms with Crippen molar-refractivity contribution in [3.05, 3.63) is 32.7 Å². The number of halogens is 1. The molecular weight excluding hydrogens is 279 g/mol. The molecule has 0 unspecified atom stereocenters. The molecule has 0 fully saturated rings. The van der Waals surface area contributed by atoms with Gasteiger partial charge in [-0.05, 0) is 57.5 Å². The molecule has 2 heteroatoms. The third kappa shape index (κ3) is 1.38. The molecule has 0 aliphatic heterocycles. The van der Waals surface area contributed by atoms with Crippen LogP contribution in [0.2, 0.25) is 0 Å². The van der Waals surface area contributed by atoms with Gasteiger partial charge in [-0.25, -0.2) is 0 Å². The zero-order valence-electron chi connectivity index (χ0n) is 6.80. The molecule has 2 aromatic rings. The van der Waals surface area contributed by atoms with Crippen LogP contribution >= 0.6 is 33.9 Å². The number of hydrogen-bond acceptors (Lipinski definition) is 1. The van der Waals surface area contributed by atoms with Crippen molar-refractivity contribution in [2.45, 2.75) is 13.3 Å². The third-order valence-electron chi connectivity index (χ3n) is 2.00. The summed E-state index contributed by atoms with van der Waals surface area (Å²) in [6.45, 7) is 2.21. The summed E-state index contributed by atoms with van der Waals surface area (Å²) >= 11 is 4.20. The molecule has 1 heterocycles. The highest BCUT2D eigenvalue weighted by atomic mass is 127. The Morgan fingerprint density at radius 1 is 1.42 bits per heavy atom. The monoisotopic (exact) mass is 288 g/mol. The molecule has 2 rings (SSSR count). The predicted octanol–water partition coefficient (Wildman–Crippen LogP) is 4.07. The SMILES string of the molecule is CCc1csc2cc(I)ccc12. The molecule has 0 bridgehead atoms. The molecule has 0 radical (unpaired) electrons. The normalized spacial score (nSPS) is 10.8. The number of hydrogen-bond donors (Lipinski definition) is 0. The predicted molar refractivity (Wildman–Crippen MR) is 63.9 cm³/mol. The maximum absolute atomic E-state index is 2.36. The van der Waals surface area contributed by atoms with Crippen molar-refractivity contribution in [3.8, 4) is 0 Å². The molecule has 0 aliphatic carbocycles. The van der Waals surface area contributed by atoms with E-state index in [2.05, 4.69) is 53.1 Å². The second-order valence-corrected chi connectivity index (χ2v) is 4.91. The van der Waals surface area contributed by atoms with Gasteiger partial charge in [0.2, 0.25) is 0 Å². The molecule has 62 valence electrons. The van der Waals surface area contributed by atoms with E-state index in [0.717, 1.165) is 6.42 Å². The van der Waals surface area contributed by atoms with E-state index in [0.29, 0.717) is 0 Å². The molecule has 0 nitrogen and oxygen atoms in total. The summed E-state index contributed by atoms with van der Waals surface area (Å²) in [6, 6.07) is 6.65. The summed E-state index contributed by atoms with van der Waals surface area (Å²) in [5, 5.41) is 3.70. The van der Waals surface area contributed by atoms with E-state index >= 15 is 0 Å². The van der Waals surface area contributed by atoms with Gasteiger partial charge in [-0.3, -0.25) is 0 Å². The first-order valence-electron chi connectivity index (χ1n) is 3.97. The maximum Gasteiger partial charge on any atom is 0.0356 e. The molecule has 1 aromatic carbocycles. The largest absolute Gasteiger partial charge is 0.143 e.